The molecule has 17 heavy (non-hydrogen) atoms. The number of carbonyl (C=O) groups is 2. The van der Waals surface area contributed by atoms with E-state index in [0.717, 1.165) is 0 Å². The predicted octanol–water partition coefficient (Wildman–Crippen LogP) is 3.21. The van der Waals surface area contributed by atoms with Crippen molar-refractivity contribution in [3.05, 3.63) is 10.1 Å². The molecule has 0 aromatic rings. The third kappa shape index (κ3) is 0.938. The lowest BCUT2D eigenvalue weighted by Gasteiger charge is -2.43. The van der Waals surface area contributed by atoms with Crippen LogP contribution in [0.5, 0.6) is 0 Å². The average Bonchev–Trinajstić information content (AvgIpc) is 2.73. The van der Waals surface area contributed by atoms with E-state index in [1.807, 2.05) is 0 Å². The van der Waals surface area contributed by atoms with Crippen molar-refractivity contribution in [3.63, 3.8) is 0 Å². The summed E-state index contributed by atoms with van der Waals surface area (Å²) in [5.74, 6) is -0.718. The topological polar surface area (TPSA) is 34.1 Å². The molecule has 2 bridgehead atoms. The fourth-order valence-corrected chi connectivity index (χ4v) is 5.53. The van der Waals surface area contributed by atoms with Gasteiger partial charge in [-0.2, -0.15) is 0 Å². The summed E-state index contributed by atoms with van der Waals surface area (Å²) in [5, 5.41) is -0.0961. The van der Waals surface area contributed by atoms with Crippen LogP contribution in [-0.4, -0.2) is 21.3 Å². The third-order valence-corrected chi connectivity index (χ3v) is 7.34. The minimum Gasteiger partial charge on any atom is -0.299 e. The maximum atomic E-state index is 12.2. The van der Waals surface area contributed by atoms with Gasteiger partial charge in [-0.1, -0.05) is 30.1 Å². The van der Waals surface area contributed by atoms with Crippen molar-refractivity contribution in [2.45, 2.75) is 29.5 Å². The Bertz CT molecular complexity index is 514. The van der Waals surface area contributed by atoms with Gasteiger partial charge in [0.25, 0.3) is 0 Å². The number of hydrogen-bond acceptors (Lipinski definition) is 2. The van der Waals surface area contributed by atoms with Crippen molar-refractivity contribution < 1.29 is 9.59 Å². The van der Waals surface area contributed by atoms with Crippen LogP contribution in [0.2, 0.25) is 0 Å². The number of halogens is 4. The number of carbonyl (C=O) groups excluding carboxylic acids is 2. The fourth-order valence-electron chi connectivity index (χ4n) is 3.58. The zero-order valence-electron chi connectivity index (χ0n) is 8.82. The fraction of sp³-hybridized carbons (Fsp3) is 0.636. The van der Waals surface area contributed by atoms with Gasteiger partial charge in [-0.25, -0.2) is 0 Å². The van der Waals surface area contributed by atoms with Crippen LogP contribution in [-0.2, 0) is 9.59 Å². The van der Waals surface area contributed by atoms with Crippen LogP contribution in [0.4, 0.5) is 0 Å². The lowest BCUT2D eigenvalue weighted by atomic mass is 9.70. The molecule has 0 aliphatic heterocycles. The Morgan fingerprint density at radius 3 is 2.41 bits per heavy atom. The molecule has 0 aromatic heterocycles. The lowest BCUT2D eigenvalue weighted by Crippen LogP contribution is -2.58. The van der Waals surface area contributed by atoms with Crippen molar-refractivity contribution in [1.29, 1.82) is 0 Å². The largest absolute Gasteiger partial charge is 0.299 e. The summed E-state index contributed by atoms with van der Waals surface area (Å²) in [6, 6.07) is 0. The molecule has 4 atom stereocenters. The van der Waals surface area contributed by atoms with E-state index >= 15 is 0 Å². The van der Waals surface area contributed by atoms with Crippen LogP contribution >= 0.6 is 46.4 Å². The second kappa shape index (κ2) is 3.04. The van der Waals surface area contributed by atoms with Crippen molar-refractivity contribution in [2.75, 3.05) is 0 Å². The molecule has 2 fully saturated rings. The van der Waals surface area contributed by atoms with Crippen LogP contribution in [0.1, 0.15) is 19.8 Å². The maximum absolute atomic E-state index is 12.2. The van der Waals surface area contributed by atoms with Gasteiger partial charge in [-0.3, -0.25) is 9.59 Å². The van der Waals surface area contributed by atoms with E-state index in [1.54, 1.807) is 6.92 Å². The highest BCUT2D eigenvalue weighted by atomic mass is 35.5. The summed E-state index contributed by atoms with van der Waals surface area (Å²) < 4.78 is 0. The van der Waals surface area contributed by atoms with Gasteiger partial charge >= 0.3 is 0 Å². The average molecular weight is 314 g/mol. The number of allylic oxidation sites excluding steroid dienone is 2. The first-order valence-corrected chi connectivity index (χ1v) is 6.74. The zero-order valence-corrected chi connectivity index (χ0v) is 11.8. The van der Waals surface area contributed by atoms with E-state index in [1.165, 1.54) is 0 Å². The number of fused-ring (bicyclic) bond motifs is 5. The van der Waals surface area contributed by atoms with Crippen molar-refractivity contribution >= 4 is 58.0 Å². The molecule has 0 unspecified atom stereocenters. The molecule has 0 amide bonds. The Hall–Kier alpha value is 0.240. The molecule has 3 aliphatic carbocycles. The first-order chi connectivity index (χ1) is 7.71. The summed E-state index contributed by atoms with van der Waals surface area (Å²) in [7, 11) is 0. The van der Waals surface area contributed by atoms with Gasteiger partial charge in [-0.05, 0) is 12.3 Å². The molecule has 0 radical (unpaired) electrons. The molecule has 0 spiro atoms. The first-order valence-electron chi connectivity index (χ1n) is 5.23. The van der Waals surface area contributed by atoms with Gasteiger partial charge in [-0.15, -0.1) is 23.2 Å². The van der Waals surface area contributed by atoms with Crippen LogP contribution in [0.25, 0.3) is 0 Å². The summed E-state index contributed by atoms with van der Waals surface area (Å²) in [4.78, 5) is 21.5. The van der Waals surface area contributed by atoms with E-state index in [9.17, 15) is 9.59 Å². The van der Waals surface area contributed by atoms with Crippen molar-refractivity contribution in [1.82, 2.24) is 0 Å². The smallest absolute Gasteiger partial charge is 0.198 e. The van der Waals surface area contributed by atoms with Crippen LogP contribution < -0.4 is 0 Å². The van der Waals surface area contributed by atoms with Gasteiger partial charge in [0.05, 0.1) is 10.4 Å². The summed E-state index contributed by atoms with van der Waals surface area (Å²) in [6.07, 6.45) is 0.763. The van der Waals surface area contributed by atoms with E-state index < -0.39 is 20.9 Å². The second-order valence-corrected chi connectivity index (χ2v) is 7.11. The zero-order chi connectivity index (χ0) is 12.8. The second-order valence-electron chi connectivity index (χ2n) is 5.19. The minimum absolute atomic E-state index is 0.00564. The van der Waals surface area contributed by atoms with Gasteiger partial charge < -0.3 is 0 Å². The number of Topliss-reactive ketones (excluding diaryl/α,β-unsaturated/α-hetero) is 2. The Balaban J connectivity index is 2.34. The lowest BCUT2D eigenvalue weighted by molar-refractivity contribution is -0.129. The van der Waals surface area contributed by atoms with E-state index in [-0.39, 0.29) is 28.2 Å². The number of alkyl halides is 2. The standard InChI is InChI=1S/C11H8Cl4O2/c1-9-3-4(2-5(9)16)10(14)8(17)6(12)7(13)11(9,10)15/h4H,2-3H2,1H3/t4-,9-,10-,11-/m1/s1. The highest BCUT2D eigenvalue weighted by Crippen LogP contribution is 2.74. The first kappa shape index (κ1) is 12.3. The summed E-state index contributed by atoms with van der Waals surface area (Å²) >= 11 is 25.0. The summed E-state index contributed by atoms with van der Waals surface area (Å²) in [6.45, 7) is 1.72. The van der Waals surface area contributed by atoms with Crippen molar-refractivity contribution in [2.24, 2.45) is 11.3 Å². The van der Waals surface area contributed by atoms with E-state index in [0.29, 0.717) is 6.42 Å². The summed E-state index contributed by atoms with van der Waals surface area (Å²) in [5.41, 5.74) is -0.898. The molecule has 0 heterocycles. The highest BCUT2D eigenvalue weighted by Gasteiger charge is 2.82. The number of hydrogen-bond donors (Lipinski definition) is 0. The number of rotatable bonds is 0. The molecule has 3 aliphatic rings. The van der Waals surface area contributed by atoms with Crippen LogP contribution in [0.15, 0.2) is 10.1 Å². The normalized spacial score (nSPS) is 52.6. The molecule has 2 saturated carbocycles. The van der Waals surface area contributed by atoms with Crippen LogP contribution in [0.3, 0.4) is 0 Å². The Morgan fingerprint density at radius 1 is 1.24 bits per heavy atom. The van der Waals surface area contributed by atoms with Gasteiger partial charge in [0.1, 0.15) is 20.6 Å². The minimum atomic E-state index is -1.38. The van der Waals surface area contributed by atoms with Gasteiger partial charge in [0, 0.05) is 6.42 Å². The quantitative estimate of drug-likeness (QED) is 0.644. The number of ketones is 2. The Morgan fingerprint density at radius 2 is 1.82 bits per heavy atom. The maximum Gasteiger partial charge on any atom is 0.198 e. The molecule has 2 nitrogen and oxygen atoms in total. The SMILES string of the molecule is C[C@@]12C[C@@H](CC1=O)[C@@]1(Cl)C(=O)C(Cl)=C(Cl)[C@@]21Cl. The molecule has 0 N–H and O–H groups in total. The Labute approximate surface area is 118 Å². The molecule has 3 rings (SSSR count). The molecule has 92 valence electrons. The molecular weight excluding hydrogens is 306 g/mol. The van der Waals surface area contributed by atoms with E-state index in [2.05, 4.69) is 0 Å². The van der Waals surface area contributed by atoms with Gasteiger partial charge in [0.15, 0.2) is 5.78 Å². The van der Waals surface area contributed by atoms with Crippen LogP contribution in [0, 0.1) is 11.3 Å². The van der Waals surface area contributed by atoms with Gasteiger partial charge in [0.2, 0.25) is 0 Å². The predicted molar refractivity (Wildman–Crippen MR) is 66.7 cm³/mol. The molecule has 6 heteroatoms. The third-order valence-electron chi connectivity index (χ3n) is 4.55. The van der Waals surface area contributed by atoms with E-state index in [4.69, 9.17) is 46.4 Å². The molecular formula is C11H8Cl4O2. The Kier molecular flexibility index (Phi) is 2.19. The van der Waals surface area contributed by atoms with Crippen molar-refractivity contribution in [3.8, 4) is 0 Å². The molecule has 0 aromatic carbocycles. The molecule has 0 saturated heterocycles. The highest BCUT2D eigenvalue weighted by molar-refractivity contribution is 6.63. The monoisotopic (exact) mass is 312 g/mol.